The fourth-order valence-corrected chi connectivity index (χ4v) is 4.79. The predicted molar refractivity (Wildman–Crippen MR) is 152 cm³/mol. The number of ether oxygens (including phenoxy) is 1. The number of rotatable bonds is 10. The summed E-state index contributed by atoms with van der Waals surface area (Å²) >= 11 is 4.72. The van der Waals surface area contributed by atoms with Crippen molar-refractivity contribution in [3.63, 3.8) is 0 Å². The Labute approximate surface area is 235 Å². The summed E-state index contributed by atoms with van der Waals surface area (Å²) in [6.07, 6.45) is 1.52. The number of esters is 1. The summed E-state index contributed by atoms with van der Waals surface area (Å²) in [5, 5.41) is 16.6. The first-order valence-corrected chi connectivity index (χ1v) is 13.2. The van der Waals surface area contributed by atoms with Crippen molar-refractivity contribution in [3.05, 3.63) is 98.0 Å². The van der Waals surface area contributed by atoms with E-state index < -0.39 is 29.3 Å². The molecule has 0 spiro atoms. The third kappa shape index (κ3) is 7.79. The van der Waals surface area contributed by atoms with Crippen LogP contribution >= 0.6 is 27.3 Å². The molecule has 0 radical (unpaired) electrons. The third-order valence-corrected chi connectivity index (χ3v) is 7.11. The second kappa shape index (κ2) is 12.9. The average Bonchev–Trinajstić information content (AvgIpc) is 3.36. The van der Waals surface area contributed by atoms with Crippen LogP contribution in [-0.2, 0) is 19.1 Å². The van der Waals surface area contributed by atoms with Crippen LogP contribution in [0.3, 0.4) is 0 Å². The first kappa shape index (κ1) is 27.6. The zero-order valence-corrected chi connectivity index (χ0v) is 22.7. The molecule has 198 valence electrons. The van der Waals surface area contributed by atoms with E-state index in [0.29, 0.717) is 26.3 Å². The summed E-state index contributed by atoms with van der Waals surface area (Å²) < 4.78 is 6.77. The van der Waals surface area contributed by atoms with E-state index in [0.717, 1.165) is 10.2 Å². The minimum Gasteiger partial charge on any atom is -0.455 e. The van der Waals surface area contributed by atoms with E-state index in [2.05, 4.69) is 31.5 Å². The van der Waals surface area contributed by atoms with Crippen molar-refractivity contribution in [3.8, 4) is 0 Å². The molecule has 0 aliphatic rings. The summed E-state index contributed by atoms with van der Waals surface area (Å²) in [4.78, 5) is 52.0. The lowest BCUT2D eigenvalue weighted by molar-refractivity contribution is -0.384. The SMILES string of the molecule is O=C(COC(=O)C/C(=C/c1ccc([N+](=O)[O-])cc1)c1nc2ccccc2s1)NCC(=O)Nc1ccccc1Br. The number of nitro benzene ring substituents is 1. The maximum Gasteiger partial charge on any atom is 0.310 e. The van der Waals surface area contributed by atoms with Crippen LogP contribution in [0.2, 0.25) is 0 Å². The van der Waals surface area contributed by atoms with Gasteiger partial charge in [0, 0.05) is 16.6 Å². The number of non-ortho nitro benzene ring substituents is 1. The number of fused-ring (bicyclic) bond motifs is 1. The van der Waals surface area contributed by atoms with Gasteiger partial charge in [0.2, 0.25) is 5.91 Å². The van der Waals surface area contributed by atoms with Crippen molar-refractivity contribution in [2.24, 2.45) is 0 Å². The van der Waals surface area contributed by atoms with Crippen LogP contribution in [-0.4, -0.2) is 40.8 Å². The van der Waals surface area contributed by atoms with Crippen molar-refractivity contribution >= 4 is 78.3 Å². The molecule has 0 unspecified atom stereocenters. The number of anilines is 1. The minimum absolute atomic E-state index is 0.0517. The summed E-state index contributed by atoms with van der Waals surface area (Å²) in [6, 6.07) is 20.4. The average molecular weight is 609 g/mol. The number of hydrogen-bond acceptors (Lipinski definition) is 8. The topological polar surface area (TPSA) is 141 Å². The standard InChI is InChI=1S/C27H21BrN4O6S/c28-20-5-1-2-6-21(20)30-24(33)15-29-25(34)16-38-26(35)14-18(13-17-9-11-19(12-10-17)32(36)37)27-31-22-7-3-4-8-23(22)39-27/h1-13H,14-16H2,(H,29,34)(H,30,33)/b18-13-. The summed E-state index contributed by atoms with van der Waals surface area (Å²) in [5.74, 6) is -1.74. The molecular weight excluding hydrogens is 588 g/mol. The number of hydrogen-bond donors (Lipinski definition) is 2. The Hall–Kier alpha value is -4.42. The molecule has 4 rings (SSSR count). The van der Waals surface area contributed by atoms with Gasteiger partial charge in [-0.2, -0.15) is 0 Å². The van der Waals surface area contributed by atoms with Crippen molar-refractivity contribution in [2.75, 3.05) is 18.5 Å². The van der Waals surface area contributed by atoms with E-state index >= 15 is 0 Å². The molecule has 0 bridgehead atoms. The van der Waals surface area contributed by atoms with Crippen molar-refractivity contribution < 1.29 is 24.0 Å². The smallest absolute Gasteiger partial charge is 0.310 e. The number of carbonyl (C=O) groups excluding carboxylic acids is 3. The van der Waals surface area contributed by atoms with Crippen LogP contribution in [0, 0.1) is 10.1 Å². The number of halogens is 1. The Morgan fingerprint density at radius 3 is 2.44 bits per heavy atom. The first-order chi connectivity index (χ1) is 18.8. The molecule has 39 heavy (non-hydrogen) atoms. The van der Waals surface area contributed by atoms with Gasteiger partial charge in [-0.15, -0.1) is 11.3 Å². The van der Waals surface area contributed by atoms with Crippen LogP contribution in [0.4, 0.5) is 11.4 Å². The van der Waals surface area contributed by atoms with Gasteiger partial charge in [-0.3, -0.25) is 24.5 Å². The van der Waals surface area contributed by atoms with Gasteiger partial charge in [-0.25, -0.2) is 4.98 Å². The van der Waals surface area contributed by atoms with Gasteiger partial charge in [0.1, 0.15) is 5.01 Å². The monoisotopic (exact) mass is 608 g/mol. The predicted octanol–water partition coefficient (Wildman–Crippen LogP) is 5.20. The zero-order valence-electron chi connectivity index (χ0n) is 20.3. The number of amides is 2. The number of para-hydroxylation sites is 2. The molecule has 2 amide bonds. The Morgan fingerprint density at radius 1 is 1.00 bits per heavy atom. The highest BCUT2D eigenvalue weighted by Crippen LogP contribution is 2.31. The van der Waals surface area contributed by atoms with E-state index in [1.165, 1.54) is 23.5 Å². The molecular formula is C27H21BrN4O6S. The van der Waals surface area contributed by atoms with Crippen molar-refractivity contribution in [1.29, 1.82) is 0 Å². The van der Waals surface area contributed by atoms with Crippen LogP contribution in [0.1, 0.15) is 17.0 Å². The fraction of sp³-hybridized carbons (Fsp3) is 0.111. The normalized spacial score (nSPS) is 11.2. The van der Waals surface area contributed by atoms with Crippen LogP contribution in [0.5, 0.6) is 0 Å². The number of benzene rings is 3. The van der Waals surface area contributed by atoms with Gasteiger partial charge >= 0.3 is 5.97 Å². The van der Waals surface area contributed by atoms with E-state index in [9.17, 15) is 24.5 Å². The van der Waals surface area contributed by atoms with Gasteiger partial charge in [-0.05, 0) is 69.5 Å². The third-order valence-electron chi connectivity index (χ3n) is 5.31. The van der Waals surface area contributed by atoms with Crippen LogP contribution < -0.4 is 10.6 Å². The molecule has 3 aromatic carbocycles. The number of nitrogens with one attached hydrogen (secondary N) is 2. The van der Waals surface area contributed by atoms with E-state index in [1.54, 1.807) is 42.5 Å². The van der Waals surface area contributed by atoms with E-state index in [-0.39, 0.29) is 18.7 Å². The lowest BCUT2D eigenvalue weighted by Gasteiger charge is -2.09. The molecule has 1 aromatic heterocycles. The Kier molecular flexibility index (Phi) is 9.13. The summed E-state index contributed by atoms with van der Waals surface area (Å²) in [5.41, 5.74) is 2.44. The lowest BCUT2D eigenvalue weighted by atomic mass is 10.1. The lowest BCUT2D eigenvalue weighted by Crippen LogP contribution is -2.35. The van der Waals surface area contributed by atoms with Gasteiger partial charge in [0.05, 0.1) is 33.8 Å². The highest BCUT2D eigenvalue weighted by Gasteiger charge is 2.16. The van der Waals surface area contributed by atoms with E-state index in [4.69, 9.17) is 4.74 Å². The molecule has 0 atom stereocenters. The number of nitro groups is 1. The van der Waals surface area contributed by atoms with Crippen LogP contribution in [0.25, 0.3) is 21.9 Å². The fourth-order valence-electron chi connectivity index (χ4n) is 3.43. The van der Waals surface area contributed by atoms with Gasteiger partial charge in [-0.1, -0.05) is 24.3 Å². The quantitative estimate of drug-likeness (QED) is 0.143. The summed E-state index contributed by atoms with van der Waals surface area (Å²) in [6.45, 7) is -0.861. The second-order valence-electron chi connectivity index (χ2n) is 8.15. The molecule has 0 fully saturated rings. The maximum atomic E-state index is 12.7. The number of nitrogens with zero attached hydrogens (tertiary/aromatic N) is 2. The van der Waals surface area contributed by atoms with E-state index in [1.807, 2.05) is 24.3 Å². The zero-order chi connectivity index (χ0) is 27.8. The van der Waals surface area contributed by atoms with Gasteiger partial charge < -0.3 is 15.4 Å². The molecule has 0 saturated carbocycles. The highest BCUT2D eigenvalue weighted by molar-refractivity contribution is 9.10. The molecule has 2 N–H and O–H groups in total. The number of aromatic nitrogens is 1. The highest BCUT2D eigenvalue weighted by atomic mass is 79.9. The molecule has 4 aromatic rings. The van der Waals surface area contributed by atoms with Crippen molar-refractivity contribution in [1.82, 2.24) is 10.3 Å². The Bertz CT molecular complexity index is 1540. The molecule has 10 nitrogen and oxygen atoms in total. The molecule has 1 heterocycles. The number of carbonyl (C=O) groups is 3. The van der Waals surface area contributed by atoms with Gasteiger partial charge in [0.15, 0.2) is 6.61 Å². The van der Waals surface area contributed by atoms with Gasteiger partial charge in [0.25, 0.3) is 11.6 Å². The van der Waals surface area contributed by atoms with Crippen molar-refractivity contribution in [2.45, 2.75) is 6.42 Å². The maximum absolute atomic E-state index is 12.7. The number of thiazole rings is 1. The Balaban J connectivity index is 1.38. The Morgan fingerprint density at radius 2 is 1.72 bits per heavy atom. The van der Waals surface area contributed by atoms with Crippen LogP contribution in [0.15, 0.2) is 77.3 Å². The summed E-state index contributed by atoms with van der Waals surface area (Å²) in [7, 11) is 0. The largest absolute Gasteiger partial charge is 0.455 e. The minimum atomic E-state index is -0.671. The first-order valence-electron chi connectivity index (χ1n) is 11.6. The molecule has 0 saturated heterocycles. The second-order valence-corrected chi connectivity index (χ2v) is 10.0. The molecule has 0 aliphatic heterocycles. The molecule has 12 heteroatoms. The molecule has 0 aliphatic carbocycles.